The Morgan fingerprint density at radius 3 is 2.94 bits per heavy atom. The summed E-state index contributed by atoms with van der Waals surface area (Å²) >= 11 is 0. The second kappa shape index (κ2) is 3.65. The molecule has 1 aromatic carbocycles. The third-order valence-electron chi connectivity index (χ3n) is 3.01. The van der Waals surface area contributed by atoms with E-state index in [0.29, 0.717) is 24.9 Å². The molecule has 0 amide bonds. The van der Waals surface area contributed by atoms with Crippen LogP contribution in [-0.2, 0) is 16.9 Å². The maximum absolute atomic E-state index is 6.40. The Labute approximate surface area is 98.6 Å². The monoisotopic (exact) mass is 231 g/mol. The minimum absolute atomic E-state index is 0.364. The first-order valence-corrected chi connectivity index (χ1v) is 5.46. The molecule has 1 aromatic heterocycles. The summed E-state index contributed by atoms with van der Waals surface area (Å²) in [5, 5.41) is 3.92. The van der Waals surface area contributed by atoms with Crippen molar-refractivity contribution in [3.63, 3.8) is 0 Å². The summed E-state index contributed by atoms with van der Waals surface area (Å²) in [5.41, 5.74) is 7.66. The van der Waals surface area contributed by atoms with Gasteiger partial charge in [0.15, 0.2) is 5.82 Å². The molecule has 2 N–H and O–H groups in total. The quantitative estimate of drug-likeness (QED) is 0.795. The summed E-state index contributed by atoms with van der Waals surface area (Å²) in [4.78, 5) is 4.22. The summed E-state index contributed by atoms with van der Waals surface area (Å²) in [6.45, 7) is 2.68. The van der Waals surface area contributed by atoms with Gasteiger partial charge in [-0.15, -0.1) is 0 Å². The van der Waals surface area contributed by atoms with Gasteiger partial charge in [0.1, 0.15) is 5.54 Å². The number of rotatable bonds is 1. The van der Waals surface area contributed by atoms with Crippen LogP contribution in [0.3, 0.4) is 0 Å². The van der Waals surface area contributed by atoms with E-state index in [-0.39, 0.29) is 0 Å². The molecule has 0 spiro atoms. The molecule has 17 heavy (non-hydrogen) atoms. The van der Waals surface area contributed by atoms with Crippen LogP contribution in [0.2, 0.25) is 0 Å². The Morgan fingerprint density at radius 1 is 1.35 bits per heavy atom. The largest absolute Gasteiger partial charge is 0.374 e. The molecule has 2 aromatic rings. The molecule has 5 heteroatoms. The van der Waals surface area contributed by atoms with E-state index in [2.05, 4.69) is 10.1 Å². The van der Waals surface area contributed by atoms with E-state index < -0.39 is 5.54 Å². The molecule has 88 valence electrons. The molecule has 2 heterocycles. The van der Waals surface area contributed by atoms with E-state index in [9.17, 15) is 0 Å². The number of nitrogens with zero attached hydrogens (tertiary/aromatic N) is 2. The van der Waals surface area contributed by atoms with Gasteiger partial charge >= 0.3 is 0 Å². The van der Waals surface area contributed by atoms with Gasteiger partial charge in [0, 0.05) is 6.92 Å². The lowest BCUT2D eigenvalue weighted by molar-refractivity contribution is 0.0635. The number of ether oxygens (including phenoxy) is 1. The van der Waals surface area contributed by atoms with Gasteiger partial charge in [0.2, 0.25) is 5.89 Å². The van der Waals surface area contributed by atoms with Crippen molar-refractivity contribution in [2.24, 2.45) is 5.73 Å². The normalized spacial score (nSPS) is 23.4. The highest BCUT2D eigenvalue weighted by Crippen LogP contribution is 2.32. The minimum Gasteiger partial charge on any atom is -0.374 e. The van der Waals surface area contributed by atoms with Crippen molar-refractivity contribution in [3.05, 3.63) is 47.1 Å². The van der Waals surface area contributed by atoms with E-state index >= 15 is 0 Å². The molecule has 1 unspecified atom stereocenters. The van der Waals surface area contributed by atoms with E-state index in [1.54, 1.807) is 6.92 Å². The van der Waals surface area contributed by atoms with Crippen LogP contribution in [0.15, 0.2) is 28.8 Å². The van der Waals surface area contributed by atoms with Crippen LogP contribution in [0, 0.1) is 6.92 Å². The van der Waals surface area contributed by atoms with Crippen LogP contribution in [-0.4, -0.2) is 16.7 Å². The van der Waals surface area contributed by atoms with Crippen molar-refractivity contribution in [2.45, 2.75) is 19.1 Å². The van der Waals surface area contributed by atoms with Gasteiger partial charge in [-0.2, -0.15) is 4.98 Å². The Bertz CT molecular complexity index is 552. The van der Waals surface area contributed by atoms with Gasteiger partial charge in [-0.25, -0.2) is 0 Å². The van der Waals surface area contributed by atoms with Crippen molar-refractivity contribution in [1.29, 1.82) is 0 Å². The lowest BCUT2D eigenvalue weighted by atomic mass is 9.86. The zero-order valence-corrected chi connectivity index (χ0v) is 9.51. The SMILES string of the molecule is Cc1nc(C2(N)COCc3ccccc32)no1. The number of hydrogen-bond acceptors (Lipinski definition) is 5. The van der Waals surface area contributed by atoms with Crippen molar-refractivity contribution in [1.82, 2.24) is 10.1 Å². The van der Waals surface area contributed by atoms with Gasteiger partial charge in [0.05, 0.1) is 13.2 Å². The summed E-state index contributed by atoms with van der Waals surface area (Å²) in [6.07, 6.45) is 0. The molecule has 1 atom stereocenters. The highest BCUT2D eigenvalue weighted by atomic mass is 16.5. The fraction of sp³-hybridized carbons (Fsp3) is 0.333. The number of hydrogen-bond donors (Lipinski definition) is 1. The number of nitrogens with two attached hydrogens (primary N) is 1. The molecule has 1 aliphatic rings. The van der Waals surface area contributed by atoms with Gasteiger partial charge in [0.25, 0.3) is 0 Å². The molecule has 3 rings (SSSR count). The van der Waals surface area contributed by atoms with Gasteiger partial charge in [-0.1, -0.05) is 29.4 Å². The lowest BCUT2D eigenvalue weighted by Gasteiger charge is -2.32. The molecule has 0 aliphatic carbocycles. The minimum atomic E-state index is -0.813. The summed E-state index contributed by atoms with van der Waals surface area (Å²) in [5.74, 6) is 0.982. The molecule has 1 aliphatic heterocycles. The Hall–Kier alpha value is -1.72. The van der Waals surface area contributed by atoms with E-state index in [1.807, 2.05) is 24.3 Å². The third kappa shape index (κ3) is 1.55. The third-order valence-corrected chi connectivity index (χ3v) is 3.01. The zero-order valence-electron chi connectivity index (χ0n) is 9.51. The summed E-state index contributed by atoms with van der Waals surface area (Å²) < 4.78 is 10.5. The Kier molecular flexibility index (Phi) is 2.24. The highest BCUT2D eigenvalue weighted by molar-refractivity contribution is 5.39. The zero-order chi connectivity index (χ0) is 11.9. The van der Waals surface area contributed by atoms with Gasteiger partial charge in [-0.3, -0.25) is 0 Å². The van der Waals surface area contributed by atoms with E-state index in [4.69, 9.17) is 15.0 Å². The van der Waals surface area contributed by atoms with Gasteiger partial charge < -0.3 is 15.0 Å². The standard InChI is InChI=1S/C12H13N3O2/c1-8-14-11(15-17-8)12(13)7-16-6-9-4-2-3-5-10(9)12/h2-5H,6-7,13H2,1H3. The fourth-order valence-corrected chi connectivity index (χ4v) is 2.15. The van der Waals surface area contributed by atoms with Crippen LogP contribution in [0.4, 0.5) is 0 Å². The number of aromatic nitrogens is 2. The number of aryl methyl sites for hydroxylation is 1. The van der Waals surface area contributed by atoms with E-state index in [0.717, 1.165) is 11.1 Å². The van der Waals surface area contributed by atoms with E-state index in [1.165, 1.54) is 0 Å². The van der Waals surface area contributed by atoms with Crippen molar-refractivity contribution >= 4 is 0 Å². The van der Waals surface area contributed by atoms with Crippen LogP contribution in [0.1, 0.15) is 22.8 Å². The predicted molar refractivity (Wildman–Crippen MR) is 60.1 cm³/mol. The van der Waals surface area contributed by atoms with Crippen molar-refractivity contribution in [2.75, 3.05) is 6.61 Å². The second-order valence-corrected chi connectivity index (χ2v) is 4.26. The van der Waals surface area contributed by atoms with Crippen molar-refractivity contribution < 1.29 is 9.26 Å². The van der Waals surface area contributed by atoms with Crippen LogP contribution < -0.4 is 5.73 Å². The first kappa shape index (κ1) is 10.4. The maximum Gasteiger partial charge on any atom is 0.223 e. The number of benzene rings is 1. The molecule has 0 saturated carbocycles. The molecule has 5 nitrogen and oxygen atoms in total. The average Bonchev–Trinajstić information content (AvgIpc) is 2.77. The Morgan fingerprint density at radius 2 is 2.18 bits per heavy atom. The molecule has 0 saturated heterocycles. The molecule has 0 fully saturated rings. The first-order chi connectivity index (χ1) is 8.20. The van der Waals surface area contributed by atoms with Crippen molar-refractivity contribution in [3.8, 4) is 0 Å². The average molecular weight is 231 g/mol. The highest BCUT2D eigenvalue weighted by Gasteiger charge is 2.39. The van der Waals surface area contributed by atoms with Crippen LogP contribution in [0.25, 0.3) is 0 Å². The smallest absolute Gasteiger partial charge is 0.223 e. The predicted octanol–water partition coefficient (Wildman–Crippen LogP) is 1.11. The molecular formula is C12H13N3O2. The Balaban J connectivity index is 2.15. The second-order valence-electron chi connectivity index (χ2n) is 4.26. The van der Waals surface area contributed by atoms with Gasteiger partial charge in [-0.05, 0) is 11.1 Å². The molecule has 0 bridgehead atoms. The summed E-state index contributed by atoms with van der Waals surface area (Å²) in [6, 6.07) is 7.92. The summed E-state index contributed by atoms with van der Waals surface area (Å²) in [7, 11) is 0. The lowest BCUT2D eigenvalue weighted by Crippen LogP contribution is -2.46. The molecule has 0 radical (unpaired) electrons. The fourth-order valence-electron chi connectivity index (χ4n) is 2.15. The topological polar surface area (TPSA) is 74.2 Å². The van der Waals surface area contributed by atoms with Crippen LogP contribution >= 0.6 is 0 Å². The maximum atomic E-state index is 6.40. The number of fused-ring (bicyclic) bond motifs is 1. The molecular weight excluding hydrogens is 218 g/mol. The first-order valence-electron chi connectivity index (χ1n) is 5.46. The van der Waals surface area contributed by atoms with Crippen LogP contribution in [0.5, 0.6) is 0 Å².